The first-order valence-electron chi connectivity index (χ1n) is 13.8. The zero-order chi connectivity index (χ0) is 31.1. The van der Waals surface area contributed by atoms with Crippen molar-refractivity contribution in [1.82, 2.24) is 15.1 Å². The van der Waals surface area contributed by atoms with Gasteiger partial charge in [-0.3, -0.25) is 9.69 Å². The van der Waals surface area contributed by atoms with E-state index in [1.54, 1.807) is 90.6 Å². The molecule has 3 aromatic rings. The summed E-state index contributed by atoms with van der Waals surface area (Å²) in [6, 6.07) is 12.6. The van der Waals surface area contributed by atoms with E-state index in [1.165, 1.54) is 4.90 Å². The third kappa shape index (κ3) is 7.73. The Hall–Kier alpha value is -4.80. The molecule has 43 heavy (non-hydrogen) atoms. The van der Waals surface area contributed by atoms with Crippen molar-refractivity contribution in [2.45, 2.75) is 45.9 Å². The van der Waals surface area contributed by atoms with Crippen molar-refractivity contribution >= 4 is 23.9 Å². The largest absolute Gasteiger partial charge is 0.497 e. The van der Waals surface area contributed by atoms with Crippen LogP contribution in [0.4, 0.5) is 10.6 Å². The van der Waals surface area contributed by atoms with Crippen molar-refractivity contribution < 1.29 is 33.3 Å². The normalized spacial score (nSPS) is 14.1. The first-order valence-corrected chi connectivity index (χ1v) is 13.8. The number of benzene rings is 2. The Morgan fingerprint density at radius 2 is 1.56 bits per heavy atom. The van der Waals surface area contributed by atoms with Crippen LogP contribution in [0.25, 0.3) is 6.08 Å². The predicted octanol–water partition coefficient (Wildman–Crippen LogP) is 5.27. The molecule has 1 fully saturated rings. The molecule has 4 rings (SSSR count). The fraction of sp³-hybridized carbons (Fsp3) is 0.375. The molecule has 0 N–H and O–H groups in total. The maximum Gasteiger partial charge on any atom is 0.416 e. The van der Waals surface area contributed by atoms with Gasteiger partial charge < -0.3 is 28.6 Å². The molecule has 228 valence electrons. The van der Waals surface area contributed by atoms with Gasteiger partial charge in [0.1, 0.15) is 28.6 Å². The number of anilines is 1. The van der Waals surface area contributed by atoms with Gasteiger partial charge in [0.05, 0.1) is 41.2 Å². The van der Waals surface area contributed by atoms with Crippen molar-refractivity contribution in [3.8, 4) is 23.0 Å². The zero-order valence-corrected chi connectivity index (χ0v) is 25.7. The molecule has 0 aliphatic carbocycles. The molecule has 1 aliphatic heterocycles. The molecule has 2 aromatic carbocycles. The highest BCUT2D eigenvalue weighted by molar-refractivity contribution is 6.00. The van der Waals surface area contributed by atoms with Crippen LogP contribution >= 0.6 is 0 Å². The summed E-state index contributed by atoms with van der Waals surface area (Å²) >= 11 is 0. The molecular weight excluding hydrogens is 552 g/mol. The van der Waals surface area contributed by atoms with Crippen LogP contribution in [0.2, 0.25) is 0 Å². The number of ether oxygens (including phenoxy) is 5. The van der Waals surface area contributed by atoms with Gasteiger partial charge in [-0.1, -0.05) is 0 Å². The Morgan fingerprint density at radius 3 is 2.16 bits per heavy atom. The zero-order valence-electron chi connectivity index (χ0n) is 25.7. The van der Waals surface area contributed by atoms with Crippen LogP contribution in [0.1, 0.15) is 43.9 Å². The van der Waals surface area contributed by atoms with Crippen LogP contribution in [-0.4, -0.2) is 67.7 Å². The number of amides is 2. The predicted molar refractivity (Wildman–Crippen MR) is 162 cm³/mol. The van der Waals surface area contributed by atoms with E-state index in [2.05, 4.69) is 10.2 Å². The number of rotatable bonds is 10. The van der Waals surface area contributed by atoms with Gasteiger partial charge in [-0.2, -0.15) is 5.10 Å². The second kappa shape index (κ2) is 13.5. The molecule has 0 unspecified atom stereocenters. The highest BCUT2D eigenvalue weighted by Gasteiger charge is 2.28. The van der Waals surface area contributed by atoms with Gasteiger partial charge in [0, 0.05) is 41.9 Å². The molecule has 11 nitrogen and oxygen atoms in total. The van der Waals surface area contributed by atoms with Crippen LogP contribution in [-0.2, 0) is 22.6 Å². The summed E-state index contributed by atoms with van der Waals surface area (Å²) in [6.45, 7) is 6.45. The first-order chi connectivity index (χ1) is 20.5. The quantitative estimate of drug-likeness (QED) is 0.292. The maximum atomic E-state index is 13.4. The fourth-order valence-electron chi connectivity index (χ4n) is 4.63. The molecule has 11 heteroatoms. The number of hydrogen-bond acceptors (Lipinski definition) is 9. The van der Waals surface area contributed by atoms with Gasteiger partial charge in [0.2, 0.25) is 5.91 Å². The van der Waals surface area contributed by atoms with E-state index in [4.69, 9.17) is 23.7 Å². The van der Waals surface area contributed by atoms with Gasteiger partial charge in [-0.05, 0) is 69.2 Å². The topological polar surface area (TPSA) is 113 Å². The number of hydrogen-bond donors (Lipinski definition) is 0. The Bertz CT molecular complexity index is 1500. The summed E-state index contributed by atoms with van der Waals surface area (Å²) in [5.74, 6) is 2.70. The summed E-state index contributed by atoms with van der Waals surface area (Å²) in [4.78, 5) is 29.9. The molecule has 2 heterocycles. The fourth-order valence-corrected chi connectivity index (χ4v) is 4.63. The number of carbonyl (C=O) groups is 2. The van der Waals surface area contributed by atoms with E-state index >= 15 is 0 Å². The minimum atomic E-state index is -0.737. The van der Waals surface area contributed by atoms with Crippen LogP contribution < -0.4 is 23.8 Å². The summed E-state index contributed by atoms with van der Waals surface area (Å²) in [6.07, 6.45) is 3.31. The van der Waals surface area contributed by atoms with Crippen molar-refractivity contribution in [2.75, 3.05) is 39.9 Å². The summed E-state index contributed by atoms with van der Waals surface area (Å²) in [7, 11) is 6.31. The number of carbonyl (C=O) groups excluding carboxylic acids is 2. The van der Waals surface area contributed by atoms with Crippen LogP contribution in [0.15, 0.2) is 54.2 Å². The molecule has 0 spiro atoms. The summed E-state index contributed by atoms with van der Waals surface area (Å²) in [5.41, 5.74) is 2.13. The lowest BCUT2D eigenvalue weighted by molar-refractivity contribution is -0.125. The maximum absolute atomic E-state index is 13.4. The monoisotopic (exact) mass is 590 g/mol. The lowest BCUT2D eigenvalue weighted by atomic mass is 10.1. The third-order valence-corrected chi connectivity index (χ3v) is 6.79. The van der Waals surface area contributed by atoms with E-state index in [1.807, 2.05) is 18.2 Å². The number of aromatic nitrogens is 2. The Kier molecular flexibility index (Phi) is 9.74. The lowest BCUT2D eigenvalue weighted by Crippen LogP contribution is -2.37. The van der Waals surface area contributed by atoms with Crippen molar-refractivity contribution in [3.05, 3.63) is 70.9 Å². The lowest BCUT2D eigenvalue weighted by Gasteiger charge is -2.27. The highest BCUT2D eigenvalue weighted by Crippen LogP contribution is 2.31. The second-order valence-corrected chi connectivity index (χ2v) is 10.9. The van der Waals surface area contributed by atoms with Crippen LogP contribution in [0.3, 0.4) is 0 Å². The minimum Gasteiger partial charge on any atom is -0.497 e. The Balaban J connectivity index is 1.59. The molecule has 0 atom stereocenters. The number of likely N-dealkylation sites (tertiary alicyclic amines) is 1. The van der Waals surface area contributed by atoms with E-state index in [0.29, 0.717) is 53.6 Å². The van der Waals surface area contributed by atoms with Crippen molar-refractivity contribution in [1.29, 1.82) is 0 Å². The van der Waals surface area contributed by atoms with Crippen molar-refractivity contribution in [2.24, 2.45) is 0 Å². The second-order valence-electron chi connectivity index (χ2n) is 10.9. The first kappa shape index (κ1) is 31.1. The molecule has 0 saturated carbocycles. The molecule has 0 radical (unpaired) electrons. The van der Waals surface area contributed by atoms with E-state index in [-0.39, 0.29) is 18.3 Å². The Labute approximate surface area is 252 Å². The van der Waals surface area contributed by atoms with Gasteiger partial charge in [-0.15, -0.1) is 5.10 Å². The highest BCUT2D eigenvalue weighted by atomic mass is 16.6. The molecular formula is C32H38N4O7. The van der Waals surface area contributed by atoms with Crippen LogP contribution in [0.5, 0.6) is 23.0 Å². The minimum absolute atomic E-state index is 0.0804. The average molecular weight is 591 g/mol. The molecule has 0 bridgehead atoms. The summed E-state index contributed by atoms with van der Waals surface area (Å²) < 4.78 is 27.3. The van der Waals surface area contributed by atoms with E-state index in [0.717, 1.165) is 11.1 Å². The van der Waals surface area contributed by atoms with Crippen molar-refractivity contribution in [3.63, 3.8) is 0 Å². The Morgan fingerprint density at radius 1 is 0.930 bits per heavy atom. The number of methoxy groups -OCH3 is 4. The molecule has 1 saturated heterocycles. The molecule has 2 amide bonds. The number of nitrogens with zero attached hydrogens (tertiary/aromatic N) is 4. The SMILES string of the molecule is COc1ccc(CN2CC/C(=C\c3cnnc(N(Cc4ccc(OC)cc4OC)C(=O)OC(C)(C)C)c3)C2=O)c(OC)c1. The average Bonchev–Trinajstić information content (AvgIpc) is 3.33. The smallest absolute Gasteiger partial charge is 0.416 e. The van der Waals surface area contributed by atoms with Gasteiger partial charge >= 0.3 is 6.09 Å². The van der Waals surface area contributed by atoms with Crippen LogP contribution in [0, 0.1) is 0 Å². The summed E-state index contributed by atoms with van der Waals surface area (Å²) in [5, 5.41) is 8.37. The van der Waals surface area contributed by atoms with Gasteiger partial charge in [0.15, 0.2) is 5.82 Å². The van der Waals surface area contributed by atoms with E-state index < -0.39 is 11.7 Å². The molecule has 1 aromatic heterocycles. The standard InChI is InChI=1S/C32H38N4O7/c1-32(2,3)43-31(38)36(20-24-9-11-26(40-5)17-28(24)42-7)29-15-21(18-33-34-29)14-22-12-13-35(30(22)37)19-23-8-10-25(39-4)16-27(23)41-6/h8-11,14-18H,12-13,19-20H2,1-7H3/b22-14+. The van der Waals surface area contributed by atoms with E-state index in [9.17, 15) is 9.59 Å². The van der Waals surface area contributed by atoms with Gasteiger partial charge in [-0.25, -0.2) is 4.79 Å². The molecule has 1 aliphatic rings. The third-order valence-electron chi connectivity index (χ3n) is 6.79. The van der Waals surface area contributed by atoms with Gasteiger partial charge in [0.25, 0.3) is 0 Å².